The largest absolute Gasteiger partial charge is 0.497 e. The van der Waals surface area contributed by atoms with Crippen molar-refractivity contribution < 1.29 is 33.5 Å². The van der Waals surface area contributed by atoms with E-state index in [1.807, 2.05) is 37.3 Å². The van der Waals surface area contributed by atoms with Crippen molar-refractivity contribution in [1.82, 2.24) is 5.32 Å². The van der Waals surface area contributed by atoms with Crippen LogP contribution >= 0.6 is 0 Å². The number of hydrogen-bond acceptors (Lipinski definition) is 7. The fourth-order valence-corrected chi connectivity index (χ4v) is 4.40. The highest BCUT2D eigenvalue weighted by molar-refractivity contribution is 6.61. The number of amides is 1. The lowest BCUT2D eigenvalue weighted by Gasteiger charge is -2.14. The van der Waals surface area contributed by atoms with Gasteiger partial charge >= 0.3 is 7.12 Å². The van der Waals surface area contributed by atoms with Gasteiger partial charge in [0.1, 0.15) is 23.0 Å². The fraction of sp³-hybridized carbons (Fsp3) is 0.222. The average Bonchev–Trinajstić information content (AvgIpc) is 3.49. The van der Waals surface area contributed by atoms with Gasteiger partial charge in [-0.15, -0.1) is 0 Å². The Morgan fingerprint density at radius 3 is 2.33 bits per heavy atom. The minimum Gasteiger partial charge on any atom is -0.497 e. The monoisotopic (exact) mass is 489 g/mol. The number of rotatable bonds is 9. The second-order valence-corrected chi connectivity index (χ2v) is 8.32. The Hall–Kier alpha value is -3.95. The minimum absolute atomic E-state index is 0.125. The number of methoxy groups -OCH3 is 3. The average molecular weight is 489 g/mol. The number of allylic oxidation sites excluding steroid dienone is 2. The van der Waals surface area contributed by atoms with Crippen molar-refractivity contribution in [2.24, 2.45) is 0 Å². The van der Waals surface area contributed by atoms with Crippen molar-refractivity contribution in [2.45, 2.75) is 19.9 Å². The molecule has 8 nitrogen and oxygen atoms in total. The van der Waals surface area contributed by atoms with Crippen molar-refractivity contribution in [3.63, 3.8) is 0 Å². The molecule has 1 aliphatic rings. The summed E-state index contributed by atoms with van der Waals surface area (Å²) in [6, 6.07) is 12.8. The summed E-state index contributed by atoms with van der Waals surface area (Å²) in [5.74, 6) is 1.84. The van der Waals surface area contributed by atoms with Crippen LogP contribution in [0.15, 0.2) is 58.7 Å². The van der Waals surface area contributed by atoms with Crippen LogP contribution in [-0.2, 0) is 11.3 Å². The van der Waals surface area contributed by atoms with Crippen LogP contribution in [0.4, 0.5) is 0 Å². The molecule has 0 atom stereocenters. The lowest BCUT2D eigenvalue weighted by atomic mass is 9.78. The molecule has 1 heterocycles. The molecule has 36 heavy (non-hydrogen) atoms. The first-order chi connectivity index (χ1) is 17.4. The first kappa shape index (κ1) is 25.2. The molecule has 0 unspecified atom stereocenters. The van der Waals surface area contributed by atoms with Gasteiger partial charge in [-0.25, -0.2) is 0 Å². The summed E-state index contributed by atoms with van der Waals surface area (Å²) in [4.78, 5) is 12.8. The van der Waals surface area contributed by atoms with Crippen molar-refractivity contribution in [2.75, 3.05) is 21.3 Å². The van der Waals surface area contributed by atoms with Crippen molar-refractivity contribution in [3.05, 3.63) is 76.8 Å². The molecule has 0 radical (unpaired) electrons. The van der Waals surface area contributed by atoms with E-state index in [2.05, 4.69) is 5.32 Å². The van der Waals surface area contributed by atoms with Crippen LogP contribution < -0.4 is 25.0 Å². The number of benzene rings is 2. The highest BCUT2D eigenvalue weighted by Gasteiger charge is 2.27. The van der Waals surface area contributed by atoms with E-state index in [1.54, 1.807) is 31.6 Å². The van der Waals surface area contributed by atoms with E-state index in [9.17, 15) is 14.8 Å². The summed E-state index contributed by atoms with van der Waals surface area (Å²) >= 11 is 0. The molecule has 4 rings (SSSR count). The summed E-state index contributed by atoms with van der Waals surface area (Å²) in [5.41, 5.74) is 5.57. The zero-order valence-corrected chi connectivity index (χ0v) is 20.6. The third-order valence-corrected chi connectivity index (χ3v) is 6.21. The van der Waals surface area contributed by atoms with Gasteiger partial charge in [0, 0.05) is 0 Å². The summed E-state index contributed by atoms with van der Waals surface area (Å²) in [6.45, 7) is 2.29. The number of fused-ring (bicyclic) bond motifs is 1. The molecule has 1 aromatic heterocycles. The highest BCUT2D eigenvalue weighted by Crippen LogP contribution is 2.45. The number of nitrogens with one attached hydrogen (secondary N) is 1. The molecule has 1 aliphatic carbocycles. The maximum Gasteiger partial charge on any atom is 0.496 e. The van der Waals surface area contributed by atoms with Gasteiger partial charge in [0.25, 0.3) is 0 Å². The quantitative estimate of drug-likeness (QED) is 0.397. The van der Waals surface area contributed by atoms with Crippen LogP contribution in [0, 0.1) is 0 Å². The summed E-state index contributed by atoms with van der Waals surface area (Å²) in [5, 5.41) is 22.5. The molecule has 3 aromatic rings. The van der Waals surface area contributed by atoms with Crippen LogP contribution in [0.1, 0.15) is 35.8 Å². The lowest BCUT2D eigenvalue weighted by Crippen LogP contribution is -2.32. The van der Waals surface area contributed by atoms with E-state index in [1.165, 1.54) is 14.2 Å². The number of hydrogen-bond donors (Lipinski definition) is 3. The predicted octanol–water partition coefficient (Wildman–Crippen LogP) is 3.02. The highest BCUT2D eigenvalue weighted by atomic mass is 16.5. The van der Waals surface area contributed by atoms with Crippen molar-refractivity contribution in [1.29, 1.82) is 0 Å². The molecule has 9 heteroatoms. The van der Waals surface area contributed by atoms with Crippen LogP contribution in [0.25, 0.3) is 17.2 Å². The number of furan rings is 1. The minimum atomic E-state index is -1.75. The lowest BCUT2D eigenvalue weighted by molar-refractivity contribution is -0.120. The number of ether oxygens (including phenoxy) is 3. The molecule has 0 saturated heterocycles. The normalized spacial score (nSPS) is 13.6. The molecule has 3 N–H and O–H groups in total. The summed E-state index contributed by atoms with van der Waals surface area (Å²) in [6.07, 6.45) is 3.72. The Morgan fingerprint density at radius 2 is 1.75 bits per heavy atom. The first-order valence-electron chi connectivity index (χ1n) is 11.4. The molecule has 2 aromatic carbocycles. The Balaban J connectivity index is 1.74. The molecule has 0 aliphatic heterocycles. The van der Waals surface area contributed by atoms with Gasteiger partial charge in [0.2, 0.25) is 5.91 Å². The Kier molecular flexibility index (Phi) is 7.52. The molecule has 0 spiro atoms. The summed E-state index contributed by atoms with van der Waals surface area (Å²) < 4.78 is 21.5. The SMILES string of the molecule is COc1ccc2c(c1)C(CC(=O)NCc1ccco1)=C(C)C2=Cc1cc(OC)c(B(O)O)c(OC)c1. The van der Waals surface area contributed by atoms with E-state index in [0.717, 1.165) is 33.4 Å². The van der Waals surface area contributed by atoms with E-state index in [-0.39, 0.29) is 17.8 Å². The number of carbonyl (C=O) groups excluding carboxylic acids is 1. The zero-order chi connectivity index (χ0) is 25.8. The smallest absolute Gasteiger partial charge is 0.496 e. The van der Waals surface area contributed by atoms with Gasteiger partial charge in [-0.05, 0) is 82.8 Å². The maximum atomic E-state index is 12.8. The van der Waals surface area contributed by atoms with Gasteiger partial charge in [-0.1, -0.05) is 6.07 Å². The Labute approximate surface area is 210 Å². The van der Waals surface area contributed by atoms with Crippen molar-refractivity contribution >= 4 is 35.7 Å². The van der Waals surface area contributed by atoms with Crippen LogP contribution in [0.2, 0.25) is 0 Å². The summed E-state index contributed by atoms with van der Waals surface area (Å²) in [7, 11) is 2.78. The van der Waals surface area contributed by atoms with Gasteiger partial charge in [-0.3, -0.25) is 4.79 Å². The van der Waals surface area contributed by atoms with Gasteiger partial charge < -0.3 is 34.0 Å². The molecule has 1 amide bonds. The second kappa shape index (κ2) is 10.8. The molecule has 0 saturated carbocycles. The zero-order valence-electron chi connectivity index (χ0n) is 20.6. The third-order valence-electron chi connectivity index (χ3n) is 6.21. The first-order valence-corrected chi connectivity index (χ1v) is 11.4. The van der Waals surface area contributed by atoms with Gasteiger partial charge in [0.15, 0.2) is 0 Å². The standard InChI is InChI=1S/C27H28BNO7/c1-16-21(10-17-11-24(34-3)27(28(31)32)25(12-17)35-4)20-8-7-18(33-2)13-23(20)22(16)14-26(30)29-15-19-6-5-9-36-19/h5-13,31-32H,14-15H2,1-4H3,(H,29,30). The van der Waals surface area contributed by atoms with E-state index in [4.69, 9.17) is 18.6 Å². The van der Waals surface area contributed by atoms with E-state index >= 15 is 0 Å². The van der Waals surface area contributed by atoms with Gasteiger partial charge in [-0.2, -0.15) is 0 Å². The molecular weight excluding hydrogens is 461 g/mol. The topological polar surface area (TPSA) is 110 Å². The Bertz CT molecular complexity index is 1300. The van der Waals surface area contributed by atoms with E-state index in [0.29, 0.717) is 29.6 Å². The fourth-order valence-electron chi connectivity index (χ4n) is 4.40. The van der Waals surface area contributed by atoms with Crippen LogP contribution in [0.3, 0.4) is 0 Å². The predicted molar refractivity (Wildman–Crippen MR) is 138 cm³/mol. The number of carbonyl (C=O) groups is 1. The maximum absolute atomic E-state index is 12.8. The third kappa shape index (κ3) is 5.03. The molecular formula is C27H28BNO7. The van der Waals surface area contributed by atoms with Crippen LogP contribution in [-0.4, -0.2) is 44.4 Å². The van der Waals surface area contributed by atoms with E-state index < -0.39 is 7.12 Å². The molecule has 0 fully saturated rings. The molecule has 186 valence electrons. The molecule has 0 bridgehead atoms. The Morgan fingerprint density at radius 1 is 1.03 bits per heavy atom. The second-order valence-electron chi connectivity index (χ2n) is 8.32. The van der Waals surface area contributed by atoms with Gasteiger partial charge in [0.05, 0.1) is 46.0 Å². The van der Waals surface area contributed by atoms with Crippen molar-refractivity contribution in [3.8, 4) is 17.2 Å². The van der Waals surface area contributed by atoms with Crippen LogP contribution in [0.5, 0.6) is 17.2 Å².